The molecule has 3 N–H and O–H groups in total. The first kappa shape index (κ1) is 13.8. The number of hydrogen-bond acceptors (Lipinski definition) is 4. The van der Waals surface area contributed by atoms with Crippen LogP contribution in [0.4, 0.5) is 0 Å². The number of piperidine rings is 1. The molecule has 2 saturated carbocycles. The van der Waals surface area contributed by atoms with Crippen LogP contribution in [0.3, 0.4) is 0 Å². The van der Waals surface area contributed by atoms with Gasteiger partial charge in [0.25, 0.3) is 0 Å². The molecule has 1 aliphatic heterocycles. The predicted molar refractivity (Wildman–Crippen MR) is 72.7 cm³/mol. The minimum atomic E-state index is -0.993. The average molecular weight is 269 g/mol. The Morgan fingerprint density at radius 3 is 2.21 bits per heavy atom. The van der Waals surface area contributed by atoms with Gasteiger partial charge in [0.05, 0.1) is 12.2 Å². The largest absolute Gasteiger partial charge is 0.389 e. The van der Waals surface area contributed by atoms with E-state index in [0.29, 0.717) is 12.5 Å². The molecule has 0 amide bonds. The van der Waals surface area contributed by atoms with Crippen molar-refractivity contribution in [3.05, 3.63) is 0 Å². The van der Waals surface area contributed by atoms with Crippen LogP contribution in [0.15, 0.2) is 0 Å². The van der Waals surface area contributed by atoms with E-state index in [0.717, 1.165) is 12.0 Å². The van der Waals surface area contributed by atoms with Gasteiger partial charge in [-0.1, -0.05) is 0 Å². The summed E-state index contributed by atoms with van der Waals surface area (Å²) in [7, 11) is 0. The molecule has 0 radical (unpaired) electrons. The fraction of sp³-hybridized carbons (Fsp3) is 1.00. The molecule has 1 spiro atoms. The zero-order valence-electron chi connectivity index (χ0n) is 11.8. The van der Waals surface area contributed by atoms with Crippen molar-refractivity contribution in [1.29, 1.82) is 0 Å². The molecule has 2 aliphatic carbocycles. The molecule has 0 aromatic heterocycles. The van der Waals surface area contributed by atoms with Gasteiger partial charge < -0.3 is 15.3 Å². The maximum Gasteiger partial charge on any atom is 0.108 e. The summed E-state index contributed by atoms with van der Waals surface area (Å²) < 4.78 is 0. The van der Waals surface area contributed by atoms with Gasteiger partial charge in [-0.15, -0.1) is 0 Å². The Labute approximate surface area is 115 Å². The smallest absolute Gasteiger partial charge is 0.108 e. The van der Waals surface area contributed by atoms with Crippen molar-refractivity contribution in [1.82, 2.24) is 4.90 Å². The average Bonchev–Trinajstić information content (AvgIpc) is 3.16. The molecule has 3 aliphatic rings. The SMILES string of the molecule is C[C@@H]1[C@@H](O)[C@H](O)[C@@H](O)CN1CC1CCC2(CC1)CC2. The van der Waals surface area contributed by atoms with E-state index in [1.54, 1.807) is 0 Å². The summed E-state index contributed by atoms with van der Waals surface area (Å²) >= 11 is 0. The number of likely N-dealkylation sites (tertiary alicyclic amines) is 1. The van der Waals surface area contributed by atoms with Gasteiger partial charge >= 0.3 is 0 Å². The Kier molecular flexibility index (Phi) is 3.63. The van der Waals surface area contributed by atoms with Gasteiger partial charge in [0.2, 0.25) is 0 Å². The first-order valence-corrected chi connectivity index (χ1v) is 7.79. The van der Waals surface area contributed by atoms with E-state index in [2.05, 4.69) is 4.90 Å². The van der Waals surface area contributed by atoms with E-state index < -0.39 is 18.3 Å². The zero-order valence-corrected chi connectivity index (χ0v) is 11.8. The second kappa shape index (κ2) is 4.99. The lowest BCUT2D eigenvalue weighted by Gasteiger charge is -2.44. The summed E-state index contributed by atoms with van der Waals surface area (Å²) in [6, 6.07) is -0.0600. The molecule has 110 valence electrons. The highest BCUT2D eigenvalue weighted by Gasteiger charge is 2.45. The third-order valence-corrected chi connectivity index (χ3v) is 5.85. The fourth-order valence-corrected chi connectivity index (χ4v) is 3.97. The Balaban J connectivity index is 1.54. The zero-order chi connectivity index (χ0) is 13.6. The van der Waals surface area contributed by atoms with Crippen LogP contribution in [0, 0.1) is 11.3 Å². The summed E-state index contributed by atoms with van der Waals surface area (Å²) in [5.41, 5.74) is 0.721. The summed E-state index contributed by atoms with van der Waals surface area (Å²) in [5.74, 6) is 0.698. The van der Waals surface area contributed by atoms with Crippen molar-refractivity contribution in [2.24, 2.45) is 11.3 Å². The molecule has 0 aromatic rings. The molecule has 0 aromatic carbocycles. The number of aliphatic hydroxyl groups is 3. The number of hydrogen-bond donors (Lipinski definition) is 3. The van der Waals surface area contributed by atoms with Crippen LogP contribution in [0.5, 0.6) is 0 Å². The third kappa shape index (κ3) is 2.68. The lowest BCUT2D eigenvalue weighted by Crippen LogP contribution is -2.60. The molecule has 1 heterocycles. The van der Waals surface area contributed by atoms with Gasteiger partial charge in [0.1, 0.15) is 6.10 Å². The Hall–Kier alpha value is -0.160. The lowest BCUT2D eigenvalue weighted by molar-refractivity contribution is -0.136. The summed E-state index contributed by atoms with van der Waals surface area (Å²) in [5, 5.41) is 29.5. The first-order chi connectivity index (χ1) is 9.01. The van der Waals surface area contributed by atoms with Crippen LogP contribution < -0.4 is 0 Å². The lowest BCUT2D eigenvalue weighted by atomic mass is 9.79. The Bertz CT molecular complexity index is 321. The quantitative estimate of drug-likeness (QED) is 0.692. The van der Waals surface area contributed by atoms with E-state index >= 15 is 0 Å². The number of aliphatic hydroxyl groups excluding tert-OH is 3. The highest BCUT2D eigenvalue weighted by atomic mass is 16.4. The fourth-order valence-electron chi connectivity index (χ4n) is 3.97. The predicted octanol–water partition coefficient (Wildman–Crippen LogP) is 0.744. The van der Waals surface area contributed by atoms with E-state index in [1.165, 1.54) is 38.5 Å². The van der Waals surface area contributed by atoms with Crippen LogP contribution in [0.2, 0.25) is 0 Å². The molecule has 19 heavy (non-hydrogen) atoms. The molecule has 1 saturated heterocycles. The molecule has 3 fully saturated rings. The molecular weight excluding hydrogens is 242 g/mol. The first-order valence-electron chi connectivity index (χ1n) is 7.79. The number of nitrogens with zero attached hydrogens (tertiary/aromatic N) is 1. The van der Waals surface area contributed by atoms with E-state index in [4.69, 9.17) is 0 Å². The van der Waals surface area contributed by atoms with Crippen LogP contribution >= 0.6 is 0 Å². The van der Waals surface area contributed by atoms with E-state index in [-0.39, 0.29) is 6.04 Å². The van der Waals surface area contributed by atoms with E-state index in [1.807, 2.05) is 6.92 Å². The van der Waals surface area contributed by atoms with E-state index in [9.17, 15) is 15.3 Å². The summed E-state index contributed by atoms with van der Waals surface area (Å²) in [6.07, 6.45) is 5.54. The van der Waals surface area contributed by atoms with Gasteiger partial charge in [0.15, 0.2) is 0 Å². The highest BCUT2D eigenvalue weighted by Crippen LogP contribution is 2.57. The van der Waals surface area contributed by atoms with Gasteiger partial charge in [-0.3, -0.25) is 4.90 Å². The van der Waals surface area contributed by atoms with Crippen molar-refractivity contribution < 1.29 is 15.3 Å². The normalized spacial score (nSPS) is 43.6. The number of β-amino-alcohol motifs (C(OH)–C–C–N with tert-alkyl or cyclic N) is 1. The summed E-state index contributed by atoms with van der Waals surface area (Å²) in [6.45, 7) is 3.39. The van der Waals surface area contributed by atoms with Crippen molar-refractivity contribution in [3.63, 3.8) is 0 Å². The molecule has 0 bridgehead atoms. The van der Waals surface area contributed by atoms with Gasteiger partial charge in [-0.05, 0) is 56.8 Å². The highest BCUT2D eigenvalue weighted by molar-refractivity contribution is 4.98. The van der Waals surface area contributed by atoms with Gasteiger partial charge in [0, 0.05) is 19.1 Å². The molecular formula is C15H27NO3. The molecule has 4 atom stereocenters. The third-order valence-electron chi connectivity index (χ3n) is 5.85. The maximum absolute atomic E-state index is 9.96. The maximum atomic E-state index is 9.96. The van der Waals surface area contributed by atoms with Crippen LogP contribution in [-0.2, 0) is 0 Å². The minimum Gasteiger partial charge on any atom is -0.389 e. The summed E-state index contributed by atoms with van der Waals surface area (Å²) in [4.78, 5) is 2.16. The molecule has 4 heteroatoms. The van der Waals surface area contributed by atoms with Gasteiger partial charge in [-0.2, -0.15) is 0 Å². The van der Waals surface area contributed by atoms with Gasteiger partial charge in [-0.25, -0.2) is 0 Å². The van der Waals surface area contributed by atoms with Crippen molar-refractivity contribution >= 4 is 0 Å². The molecule has 0 unspecified atom stereocenters. The Morgan fingerprint density at radius 2 is 1.63 bits per heavy atom. The minimum absolute atomic E-state index is 0.0600. The van der Waals surface area contributed by atoms with Crippen molar-refractivity contribution in [3.8, 4) is 0 Å². The molecule has 4 nitrogen and oxygen atoms in total. The second-order valence-corrected chi connectivity index (χ2v) is 7.19. The van der Waals surface area contributed by atoms with Crippen molar-refractivity contribution in [2.45, 2.75) is 69.8 Å². The monoisotopic (exact) mass is 269 g/mol. The second-order valence-electron chi connectivity index (χ2n) is 7.19. The standard InChI is InChI=1S/C15H27NO3/c1-10-13(18)14(19)12(17)9-16(10)8-11-2-4-15(5-3-11)6-7-15/h10-14,17-19H,2-9H2,1H3/t10-,12+,13-,14-/m1/s1. The molecule has 3 rings (SSSR count). The van der Waals surface area contributed by atoms with Crippen LogP contribution in [0.1, 0.15) is 45.4 Å². The Morgan fingerprint density at radius 1 is 1.00 bits per heavy atom. The van der Waals surface area contributed by atoms with Crippen LogP contribution in [-0.4, -0.2) is 57.7 Å². The van der Waals surface area contributed by atoms with Crippen LogP contribution in [0.25, 0.3) is 0 Å². The number of rotatable bonds is 2. The van der Waals surface area contributed by atoms with Crippen molar-refractivity contribution in [2.75, 3.05) is 13.1 Å². The topological polar surface area (TPSA) is 63.9 Å².